The van der Waals surface area contributed by atoms with Gasteiger partial charge in [0.2, 0.25) is 5.95 Å². The van der Waals surface area contributed by atoms with Gasteiger partial charge in [0.25, 0.3) is 5.91 Å². The lowest BCUT2D eigenvalue weighted by Gasteiger charge is -2.36. The summed E-state index contributed by atoms with van der Waals surface area (Å²) in [6, 6.07) is 3.76. The number of carbonyl (C=O) groups excluding carboxylic acids is 1. The van der Waals surface area contributed by atoms with E-state index >= 15 is 0 Å². The van der Waals surface area contributed by atoms with E-state index in [0.29, 0.717) is 18.7 Å². The van der Waals surface area contributed by atoms with Crippen molar-refractivity contribution in [3.05, 3.63) is 35.9 Å². The van der Waals surface area contributed by atoms with Crippen molar-refractivity contribution in [2.45, 2.75) is 26.2 Å². The molecule has 2 aromatic heterocycles. The van der Waals surface area contributed by atoms with Gasteiger partial charge in [-0.15, -0.1) is 0 Å². The third-order valence-corrected chi connectivity index (χ3v) is 5.13. The molecule has 2 fully saturated rings. The van der Waals surface area contributed by atoms with Gasteiger partial charge in [-0.2, -0.15) is 4.98 Å². The molecule has 4 rings (SSSR count). The van der Waals surface area contributed by atoms with E-state index in [1.165, 1.54) is 31.8 Å². The Kier molecular flexibility index (Phi) is 4.77. The van der Waals surface area contributed by atoms with E-state index in [1.807, 2.05) is 17.9 Å². The predicted molar refractivity (Wildman–Crippen MR) is 99.7 cm³/mol. The second kappa shape index (κ2) is 7.35. The van der Waals surface area contributed by atoms with E-state index in [9.17, 15) is 4.79 Å². The van der Waals surface area contributed by atoms with Crippen molar-refractivity contribution in [3.63, 3.8) is 0 Å². The van der Waals surface area contributed by atoms with Crippen molar-refractivity contribution in [1.82, 2.24) is 14.9 Å². The molecule has 7 nitrogen and oxygen atoms in total. The Morgan fingerprint density at radius 2 is 1.77 bits per heavy atom. The fraction of sp³-hybridized carbons (Fsp3) is 0.526. The molecule has 1 amide bonds. The van der Waals surface area contributed by atoms with Crippen molar-refractivity contribution in [3.8, 4) is 0 Å². The minimum atomic E-state index is 0.0336. The number of aryl methyl sites for hydroxylation is 1. The molecule has 2 aromatic rings. The topological polar surface area (TPSA) is 65.7 Å². The van der Waals surface area contributed by atoms with Gasteiger partial charge in [0.15, 0.2) is 0 Å². The minimum absolute atomic E-state index is 0.0336. The van der Waals surface area contributed by atoms with Crippen molar-refractivity contribution < 1.29 is 9.21 Å². The van der Waals surface area contributed by atoms with E-state index in [0.717, 1.165) is 43.6 Å². The molecule has 0 N–H and O–H groups in total. The Morgan fingerprint density at radius 1 is 1.00 bits per heavy atom. The lowest BCUT2D eigenvalue weighted by atomic mass is 10.1. The van der Waals surface area contributed by atoms with Gasteiger partial charge in [0.05, 0.1) is 11.8 Å². The van der Waals surface area contributed by atoms with Crippen LogP contribution in [0.2, 0.25) is 0 Å². The summed E-state index contributed by atoms with van der Waals surface area (Å²) in [5.74, 6) is 1.84. The van der Waals surface area contributed by atoms with Crippen LogP contribution in [0.1, 0.15) is 35.3 Å². The standard InChI is InChI=1S/C19H25N5O2/c1-15-13-17(21-19(20-15)24-6-3-2-4-7-24)22-8-10-23(11-9-22)18(25)16-5-12-26-14-16/h5,12-14H,2-4,6-11H2,1H3. The molecule has 2 saturated heterocycles. The molecule has 7 heteroatoms. The Balaban J connectivity index is 1.44. The van der Waals surface area contributed by atoms with Gasteiger partial charge < -0.3 is 19.1 Å². The molecule has 0 aliphatic carbocycles. The van der Waals surface area contributed by atoms with Crippen LogP contribution in [0.3, 0.4) is 0 Å². The summed E-state index contributed by atoms with van der Waals surface area (Å²) in [6.45, 7) is 7.03. The van der Waals surface area contributed by atoms with E-state index in [-0.39, 0.29) is 5.91 Å². The zero-order valence-corrected chi connectivity index (χ0v) is 15.2. The van der Waals surface area contributed by atoms with Crippen LogP contribution in [0.5, 0.6) is 0 Å². The number of hydrogen-bond donors (Lipinski definition) is 0. The first-order chi connectivity index (χ1) is 12.7. The maximum atomic E-state index is 12.4. The molecule has 0 aromatic carbocycles. The molecule has 0 radical (unpaired) electrons. The highest BCUT2D eigenvalue weighted by Crippen LogP contribution is 2.22. The second-order valence-corrected chi connectivity index (χ2v) is 7.01. The van der Waals surface area contributed by atoms with Gasteiger partial charge in [0, 0.05) is 51.0 Å². The molecule has 0 bridgehead atoms. The molecule has 0 spiro atoms. The van der Waals surface area contributed by atoms with Crippen molar-refractivity contribution in [2.24, 2.45) is 0 Å². The predicted octanol–water partition coefficient (Wildman–Crippen LogP) is 2.33. The van der Waals surface area contributed by atoms with Crippen molar-refractivity contribution in [1.29, 1.82) is 0 Å². The summed E-state index contributed by atoms with van der Waals surface area (Å²) in [6.07, 6.45) is 6.76. The monoisotopic (exact) mass is 355 g/mol. The number of amides is 1. The molecular weight excluding hydrogens is 330 g/mol. The zero-order valence-electron chi connectivity index (χ0n) is 15.2. The maximum Gasteiger partial charge on any atom is 0.257 e. The molecule has 26 heavy (non-hydrogen) atoms. The number of aromatic nitrogens is 2. The Hall–Kier alpha value is -2.57. The summed E-state index contributed by atoms with van der Waals surface area (Å²) in [4.78, 5) is 28.3. The molecule has 0 saturated carbocycles. The van der Waals surface area contributed by atoms with Crippen molar-refractivity contribution in [2.75, 3.05) is 49.1 Å². The molecule has 4 heterocycles. The Morgan fingerprint density at radius 3 is 2.46 bits per heavy atom. The van der Waals surface area contributed by atoms with Gasteiger partial charge in [-0.1, -0.05) is 0 Å². The Labute approximate surface area is 153 Å². The molecule has 2 aliphatic heterocycles. The SMILES string of the molecule is Cc1cc(N2CCN(C(=O)c3ccoc3)CC2)nc(N2CCCCC2)n1. The van der Waals surface area contributed by atoms with Gasteiger partial charge in [-0.3, -0.25) is 4.79 Å². The number of furan rings is 1. The number of nitrogens with zero attached hydrogens (tertiary/aromatic N) is 5. The molecule has 0 atom stereocenters. The number of piperazine rings is 1. The van der Waals surface area contributed by atoms with Gasteiger partial charge in [0.1, 0.15) is 12.1 Å². The van der Waals surface area contributed by atoms with Gasteiger partial charge >= 0.3 is 0 Å². The first kappa shape index (κ1) is 16.9. The van der Waals surface area contributed by atoms with E-state index < -0.39 is 0 Å². The Bertz CT molecular complexity index is 747. The molecular formula is C19H25N5O2. The summed E-state index contributed by atoms with van der Waals surface area (Å²) < 4.78 is 5.02. The van der Waals surface area contributed by atoms with E-state index in [2.05, 4.69) is 14.8 Å². The van der Waals surface area contributed by atoms with Crippen LogP contribution in [-0.4, -0.2) is 60.0 Å². The highest BCUT2D eigenvalue weighted by atomic mass is 16.3. The fourth-order valence-corrected chi connectivity index (χ4v) is 3.64. The fourth-order valence-electron chi connectivity index (χ4n) is 3.64. The normalized spacial score (nSPS) is 18.3. The third-order valence-electron chi connectivity index (χ3n) is 5.13. The van der Waals surface area contributed by atoms with Crippen LogP contribution in [-0.2, 0) is 0 Å². The quantitative estimate of drug-likeness (QED) is 0.842. The first-order valence-electron chi connectivity index (χ1n) is 9.38. The molecule has 2 aliphatic rings. The van der Waals surface area contributed by atoms with Crippen molar-refractivity contribution >= 4 is 17.7 Å². The highest BCUT2D eigenvalue weighted by Gasteiger charge is 2.24. The van der Waals surface area contributed by atoms with Crippen LogP contribution in [0.4, 0.5) is 11.8 Å². The largest absolute Gasteiger partial charge is 0.472 e. The van der Waals surface area contributed by atoms with E-state index in [4.69, 9.17) is 9.40 Å². The average molecular weight is 355 g/mol. The van der Waals surface area contributed by atoms with Crippen LogP contribution >= 0.6 is 0 Å². The number of piperidine rings is 1. The average Bonchev–Trinajstić information content (AvgIpc) is 3.22. The lowest BCUT2D eigenvalue weighted by Crippen LogP contribution is -2.49. The first-order valence-corrected chi connectivity index (χ1v) is 9.38. The smallest absolute Gasteiger partial charge is 0.257 e. The molecule has 0 unspecified atom stereocenters. The van der Waals surface area contributed by atoms with Crippen LogP contribution in [0.25, 0.3) is 0 Å². The van der Waals surface area contributed by atoms with Crippen LogP contribution in [0, 0.1) is 6.92 Å². The lowest BCUT2D eigenvalue weighted by molar-refractivity contribution is 0.0746. The number of hydrogen-bond acceptors (Lipinski definition) is 6. The van der Waals surface area contributed by atoms with Gasteiger partial charge in [-0.25, -0.2) is 4.98 Å². The van der Waals surface area contributed by atoms with Crippen LogP contribution < -0.4 is 9.80 Å². The number of carbonyl (C=O) groups is 1. The summed E-state index contributed by atoms with van der Waals surface area (Å²) >= 11 is 0. The maximum absolute atomic E-state index is 12.4. The minimum Gasteiger partial charge on any atom is -0.472 e. The number of rotatable bonds is 3. The summed E-state index contributed by atoms with van der Waals surface area (Å²) in [5, 5.41) is 0. The zero-order chi connectivity index (χ0) is 17.9. The highest BCUT2D eigenvalue weighted by molar-refractivity contribution is 5.94. The second-order valence-electron chi connectivity index (χ2n) is 7.01. The molecule has 138 valence electrons. The van der Waals surface area contributed by atoms with Gasteiger partial charge in [-0.05, 0) is 32.3 Å². The summed E-state index contributed by atoms with van der Waals surface area (Å²) in [5.41, 5.74) is 1.61. The van der Waals surface area contributed by atoms with E-state index in [1.54, 1.807) is 6.07 Å². The van der Waals surface area contributed by atoms with Crippen LogP contribution in [0.15, 0.2) is 29.1 Å². The third kappa shape index (κ3) is 3.52. The summed E-state index contributed by atoms with van der Waals surface area (Å²) in [7, 11) is 0. The number of anilines is 2.